The van der Waals surface area contributed by atoms with Crippen LogP contribution in [-0.4, -0.2) is 18.4 Å². The molecule has 3 N–H and O–H groups in total. The topological polar surface area (TPSA) is 81.4 Å². The standard InChI is InChI=1S/C21H18N2O3S/c22-21(25)16-10-4-6-12-18(16)26-14-20(24)23-17-11-5-7-13-19(17)27-15-8-2-1-3-9-15/h1-13H,14H2,(H2,22,25)(H,23,24). The summed E-state index contributed by atoms with van der Waals surface area (Å²) in [6.45, 7) is -0.228. The summed E-state index contributed by atoms with van der Waals surface area (Å²) in [5.74, 6) is -0.641. The fourth-order valence-corrected chi connectivity index (χ4v) is 3.32. The Morgan fingerprint density at radius 1 is 0.889 bits per heavy atom. The SMILES string of the molecule is NC(=O)c1ccccc1OCC(=O)Nc1ccccc1Sc1ccccc1. The summed E-state index contributed by atoms with van der Waals surface area (Å²) >= 11 is 1.56. The van der Waals surface area contributed by atoms with Crippen molar-refractivity contribution in [2.75, 3.05) is 11.9 Å². The number of ether oxygens (including phenoxy) is 1. The van der Waals surface area contributed by atoms with Crippen molar-refractivity contribution in [1.29, 1.82) is 0 Å². The lowest BCUT2D eigenvalue weighted by atomic mass is 10.2. The Morgan fingerprint density at radius 2 is 1.56 bits per heavy atom. The molecule has 0 saturated carbocycles. The number of amides is 2. The van der Waals surface area contributed by atoms with Gasteiger partial charge in [0.1, 0.15) is 5.75 Å². The van der Waals surface area contributed by atoms with E-state index < -0.39 is 5.91 Å². The zero-order chi connectivity index (χ0) is 19.1. The Morgan fingerprint density at radius 3 is 2.33 bits per heavy atom. The van der Waals surface area contributed by atoms with Crippen LogP contribution in [0.3, 0.4) is 0 Å². The van der Waals surface area contributed by atoms with Gasteiger partial charge in [-0.15, -0.1) is 0 Å². The van der Waals surface area contributed by atoms with Crippen molar-refractivity contribution in [2.24, 2.45) is 5.73 Å². The van der Waals surface area contributed by atoms with Crippen LogP contribution in [0.2, 0.25) is 0 Å². The highest BCUT2D eigenvalue weighted by Crippen LogP contribution is 2.33. The van der Waals surface area contributed by atoms with Crippen LogP contribution in [0.25, 0.3) is 0 Å². The molecule has 0 bridgehead atoms. The van der Waals surface area contributed by atoms with Gasteiger partial charge in [0, 0.05) is 9.79 Å². The smallest absolute Gasteiger partial charge is 0.262 e. The number of rotatable bonds is 7. The number of carbonyl (C=O) groups is 2. The maximum atomic E-state index is 12.3. The van der Waals surface area contributed by atoms with Crippen molar-refractivity contribution in [2.45, 2.75) is 9.79 Å². The number of para-hydroxylation sites is 2. The van der Waals surface area contributed by atoms with E-state index >= 15 is 0 Å². The lowest BCUT2D eigenvalue weighted by Gasteiger charge is -2.12. The first-order valence-electron chi connectivity index (χ1n) is 8.27. The van der Waals surface area contributed by atoms with Crippen molar-refractivity contribution in [3.8, 4) is 5.75 Å². The summed E-state index contributed by atoms with van der Waals surface area (Å²) in [5.41, 5.74) is 6.25. The van der Waals surface area contributed by atoms with Gasteiger partial charge in [-0.05, 0) is 36.4 Å². The predicted octanol–water partition coefficient (Wildman–Crippen LogP) is 3.95. The molecule has 0 saturated heterocycles. The lowest BCUT2D eigenvalue weighted by Crippen LogP contribution is -2.22. The third-order valence-electron chi connectivity index (χ3n) is 3.64. The van der Waals surface area contributed by atoms with Crippen LogP contribution in [0, 0.1) is 0 Å². The predicted molar refractivity (Wildman–Crippen MR) is 106 cm³/mol. The van der Waals surface area contributed by atoms with Crippen LogP contribution in [0.4, 0.5) is 5.69 Å². The summed E-state index contributed by atoms with van der Waals surface area (Å²) in [4.78, 5) is 25.7. The van der Waals surface area contributed by atoms with Gasteiger partial charge >= 0.3 is 0 Å². The molecule has 0 fully saturated rings. The Labute approximate surface area is 161 Å². The number of benzene rings is 3. The molecule has 5 nitrogen and oxygen atoms in total. The molecule has 27 heavy (non-hydrogen) atoms. The Kier molecular flexibility index (Phi) is 6.12. The van der Waals surface area contributed by atoms with Gasteiger partial charge in [0.15, 0.2) is 6.61 Å². The van der Waals surface area contributed by atoms with E-state index in [1.165, 1.54) is 0 Å². The summed E-state index contributed by atoms with van der Waals surface area (Å²) in [6.07, 6.45) is 0. The highest BCUT2D eigenvalue weighted by Gasteiger charge is 2.12. The molecule has 0 aliphatic heterocycles. The number of primary amides is 1. The van der Waals surface area contributed by atoms with E-state index in [0.29, 0.717) is 5.69 Å². The second-order valence-electron chi connectivity index (χ2n) is 5.61. The molecule has 2 amide bonds. The maximum absolute atomic E-state index is 12.3. The number of hydrogen-bond donors (Lipinski definition) is 2. The first kappa shape index (κ1) is 18.5. The quantitative estimate of drug-likeness (QED) is 0.652. The fourth-order valence-electron chi connectivity index (χ4n) is 2.40. The molecule has 0 heterocycles. The molecular formula is C21H18N2O3S. The molecule has 0 atom stereocenters. The third kappa shape index (κ3) is 5.12. The molecule has 0 unspecified atom stereocenters. The van der Waals surface area contributed by atoms with Gasteiger partial charge < -0.3 is 15.8 Å². The monoisotopic (exact) mass is 378 g/mol. The van der Waals surface area contributed by atoms with Crippen molar-refractivity contribution in [1.82, 2.24) is 0 Å². The molecule has 0 aliphatic carbocycles. The number of nitrogens with one attached hydrogen (secondary N) is 1. The van der Waals surface area contributed by atoms with Crippen molar-refractivity contribution < 1.29 is 14.3 Å². The van der Waals surface area contributed by atoms with E-state index in [2.05, 4.69) is 5.32 Å². The van der Waals surface area contributed by atoms with E-state index in [1.807, 2.05) is 54.6 Å². The zero-order valence-electron chi connectivity index (χ0n) is 14.4. The maximum Gasteiger partial charge on any atom is 0.262 e. The normalized spacial score (nSPS) is 10.2. The van der Waals surface area contributed by atoms with E-state index in [1.54, 1.807) is 36.0 Å². The molecule has 3 aromatic rings. The van der Waals surface area contributed by atoms with Crippen LogP contribution in [0.5, 0.6) is 5.75 Å². The first-order chi connectivity index (χ1) is 13.1. The molecule has 136 valence electrons. The van der Waals surface area contributed by atoms with Crippen LogP contribution < -0.4 is 15.8 Å². The molecule has 0 spiro atoms. The minimum atomic E-state index is -0.601. The highest BCUT2D eigenvalue weighted by atomic mass is 32.2. The second-order valence-corrected chi connectivity index (χ2v) is 6.72. The summed E-state index contributed by atoms with van der Waals surface area (Å²) in [7, 11) is 0. The van der Waals surface area contributed by atoms with Gasteiger partial charge in [-0.2, -0.15) is 0 Å². The second kappa shape index (κ2) is 8.91. The molecule has 3 rings (SSSR count). The van der Waals surface area contributed by atoms with Crippen LogP contribution in [0.15, 0.2) is 88.7 Å². The number of anilines is 1. The summed E-state index contributed by atoms with van der Waals surface area (Å²) in [5, 5.41) is 2.85. The number of nitrogens with two attached hydrogens (primary N) is 1. The van der Waals surface area contributed by atoms with Gasteiger partial charge in [-0.3, -0.25) is 9.59 Å². The van der Waals surface area contributed by atoms with Gasteiger partial charge in [0.2, 0.25) is 0 Å². The number of carbonyl (C=O) groups excluding carboxylic acids is 2. The molecular weight excluding hydrogens is 360 g/mol. The number of hydrogen-bond acceptors (Lipinski definition) is 4. The van der Waals surface area contributed by atoms with Crippen LogP contribution >= 0.6 is 11.8 Å². The lowest BCUT2D eigenvalue weighted by molar-refractivity contribution is -0.118. The zero-order valence-corrected chi connectivity index (χ0v) is 15.2. The summed E-state index contributed by atoms with van der Waals surface area (Å²) in [6, 6.07) is 24.0. The first-order valence-corrected chi connectivity index (χ1v) is 9.08. The average molecular weight is 378 g/mol. The van der Waals surface area contributed by atoms with Gasteiger partial charge in [0.25, 0.3) is 11.8 Å². The van der Waals surface area contributed by atoms with Crippen molar-refractivity contribution in [3.63, 3.8) is 0 Å². The van der Waals surface area contributed by atoms with E-state index in [0.717, 1.165) is 9.79 Å². The Balaban J connectivity index is 1.66. The minimum Gasteiger partial charge on any atom is -0.483 e. The van der Waals surface area contributed by atoms with Crippen molar-refractivity contribution in [3.05, 3.63) is 84.4 Å². The Hall–Kier alpha value is -3.25. The molecule has 6 heteroatoms. The van der Waals surface area contributed by atoms with Gasteiger partial charge in [0.05, 0.1) is 11.3 Å². The summed E-state index contributed by atoms with van der Waals surface area (Å²) < 4.78 is 5.47. The van der Waals surface area contributed by atoms with E-state index in [9.17, 15) is 9.59 Å². The molecule has 0 aliphatic rings. The average Bonchev–Trinajstić information content (AvgIpc) is 2.69. The Bertz CT molecular complexity index is 945. The largest absolute Gasteiger partial charge is 0.483 e. The molecule has 0 radical (unpaired) electrons. The van der Waals surface area contributed by atoms with Gasteiger partial charge in [-0.25, -0.2) is 0 Å². The molecule has 3 aromatic carbocycles. The third-order valence-corrected chi connectivity index (χ3v) is 4.73. The fraction of sp³-hybridized carbons (Fsp3) is 0.0476. The minimum absolute atomic E-state index is 0.228. The van der Waals surface area contributed by atoms with Crippen LogP contribution in [0.1, 0.15) is 10.4 Å². The van der Waals surface area contributed by atoms with Crippen LogP contribution in [-0.2, 0) is 4.79 Å². The molecule has 0 aromatic heterocycles. The van der Waals surface area contributed by atoms with E-state index in [-0.39, 0.29) is 23.8 Å². The van der Waals surface area contributed by atoms with E-state index in [4.69, 9.17) is 10.5 Å². The van der Waals surface area contributed by atoms with Crippen molar-refractivity contribution >= 4 is 29.3 Å². The highest BCUT2D eigenvalue weighted by molar-refractivity contribution is 7.99. The van der Waals surface area contributed by atoms with Gasteiger partial charge in [-0.1, -0.05) is 54.2 Å².